The van der Waals surface area contributed by atoms with Crippen molar-refractivity contribution >= 4 is 27.5 Å². The number of amides is 1. The van der Waals surface area contributed by atoms with Crippen molar-refractivity contribution < 1.29 is 9.53 Å². The molecule has 1 aliphatic heterocycles. The molecule has 0 aliphatic carbocycles. The summed E-state index contributed by atoms with van der Waals surface area (Å²) in [4.78, 5) is 11.7. The maximum absolute atomic E-state index is 11.7. The summed E-state index contributed by atoms with van der Waals surface area (Å²) in [6.07, 6.45) is 3.82. The Morgan fingerprint density at radius 1 is 1.47 bits per heavy atom. The lowest BCUT2D eigenvalue weighted by atomic mass is 10.1. The van der Waals surface area contributed by atoms with Crippen LogP contribution in [0.4, 0.5) is 5.69 Å². The number of anilines is 1. The van der Waals surface area contributed by atoms with Gasteiger partial charge in [0, 0.05) is 17.5 Å². The number of rotatable bonds is 4. The van der Waals surface area contributed by atoms with Gasteiger partial charge in [-0.1, -0.05) is 12.1 Å². The molecule has 1 heterocycles. The van der Waals surface area contributed by atoms with E-state index in [1.165, 1.54) is 0 Å². The number of nitrogens with one attached hydrogen (secondary N) is 1. The van der Waals surface area contributed by atoms with E-state index < -0.39 is 0 Å². The minimum Gasteiger partial charge on any atom is -0.378 e. The second-order valence-corrected chi connectivity index (χ2v) is 5.06. The molecule has 0 spiro atoms. The van der Waals surface area contributed by atoms with Crippen LogP contribution in [0.5, 0.6) is 0 Å². The predicted octanol–water partition coefficient (Wildman–Crippen LogP) is 3.35. The second kappa shape index (κ2) is 6.17. The van der Waals surface area contributed by atoms with Crippen molar-refractivity contribution in [1.29, 1.82) is 0 Å². The molecule has 1 aromatic carbocycles. The number of carbonyl (C=O) groups is 1. The van der Waals surface area contributed by atoms with Gasteiger partial charge in [-0.05, 0) is 47.3 Å². The molecule has 0 saturated carbocycles. The first-order valence-electron chi connectivity index (χ1n) is 5.91. The van der Waals surface area contributed by atoms with Crippen LogP contribution in [0, 0.1) is 0 Å². The third-order valence-corrected chi connectivity index (χ3v) is 3.56. The standard InChI is InChI=1S/C13H16BrNO2/c14-11-5-1-2-6-12(11)15-13(16)8-7-10-4-3-9-17-10/h1-2,5-6,10H,3-4,7-9H2,(H,15,16)/t10-/m0/s1. The highest BCUT2D eigenvalue weighted by atomic mass is 79.9. The van der Waals surface area contributed by atoms with E-state index in [2.05, 4.69) is 21.2 Å². The molecular formula is C13H16BrNO2. The lowest BCUT2D eigenvalue weighted by molar-refractivity contribution is -0.116. The Hall–Kier alpha value is -0.870. The van der Waals surface area contributed by atoms with E-state index in [1.54, 1.807) is 0 Å². The summed E-state index contributed by atoms with van der Waals surface area (Å²) in [5, 5.41) is 2.89. The van der Waals surface area contributed by atoms with E-state index in [1.807, 2.05) is 24.3 Å². The van der Waals surface area contributed by atoms with Crippen LogP contribution >= 0.6 is 15.9 Å². The molecule has 92 valence electrons. The van der Waals surface area contributed by atoms with Crippen LogP contribution in [0.2, 0.25) is 0 Å². The van der Waals surface area contributed by atoms with Crippen LogP contribution in [0.3, 0.4) is 0 Å². The maximum atomic E-state index is 11.7. The van der Waals surface area contributed by atoms with Crippen molar-refractivity contribution in [3.63, 3.8) is 0 Å². The molecule has 4 heteroatoms. The third kappa shape index (κ3) is 3.82. The van der Waals surface area contributed by atoms with E-state index >= 15 is 0 Å². The molecule has 2 rings (SSSR count). The van der Waals surface area contributed by atoms with Gasteiger partial charge < -0.3 is 10.1 Å². The first kappa shape index (κ1) is 12.6. The Kier molecular flexibility index (Phi) is 4.57. The fourth-order valence-electron chi connectivity index (χ4n) is 1.94. The van der Waals surface area contributed by atoms with Crippen LogP contribution in [0.25, 0.3) is 0 Å². The fourth-order valence-corrected chi connectivity index (χ4v) is 2.32. The Morgan fingerprint density at radius 2 is 2.29 bits per heavy atom. The van der Waals surface area contributed by atoms with E-state index in [-0.39, 0.29) is 12.0 Å². The molecule has 1 aliphatic rings. The molecular weight excluding hydrogens is 282 g/mol. The lowest BCUT2D eigenvalue weighted by Crippen LogP contribution is -2.15. The Labute approximate surface area is 110 Å². The van der Waals surface area contributed by atoms with Gasteiger partial charge in [-0.15, -0.1) is 0 Å². The number of ether oxygens (including phenoxy) is 1. The summed E-state index contributed by atoms with van der Waals surface area (Å²) in [5.41, 5.74) is 0.824. The van der Waals surface area contributed by atoms with Gasteiger partial charge in [0.15, 0.2) is 0 Å². The largest absolute Gasteiger partial charge is 0.378 e. The van der Waals surface area contributed by atoms with Crippen molar-refractivity contribution in [2.24, 2.45) is 0 Å². The molecule has 0 unspecified atom stereocenters. The van der Waals surface area contributed by atoms with Gasteiger partial charge in [0.2, 0.25) is 5.91 Å². The summed E-state index contributed by atoms with van der Waals surface area (Å²) in [6.45, 7) is 0.844. The molecule has 0 radical (unpaired) electrons. The Bertz CT molecular complexity index is 389. The van der Waals surface area contributed by atoms with E-state index in [0.717, 1.165) is 36.0 Å². The molecule has 1 fully saturated rings. The average molecular weight is 298 g/mol. The van der Waals surface area contributed by atoms with Gasteiger partial charge in [-0.2, -0.15) is 0 Å². The number of hydrogen-bond donors (Lipinski definition) is 1. The van der Waals surface area contributed by atoms with Crippen molar-refractivity contribution in [3.05, 3.63) is 28.7 Å². The lowest BCUT2D eigenvalue weighted by Gasteiger charge is -2.10. The molecule has 1 amide bonds. The van der Waals surface area contributed by atoms with Crippen LogP contribution in [0.1, 0.15) is 25.7 Å². The SMILES string of the molecule is O=C(CC[C@@H]1CCCO1)Nc1ccccc1Br. The van der Waals surface area contributed by atoms with Crippen LogP contribution in [-0.2, 0) is 9.53 Å². The predicted molar refractivity (Wildman–Crippen MR) is 71.0 cm³/mol. The first-order valence-corrected chi connectivity index (χ1v) is 6.71. The number of benzene rings is 1. The van der Waals surface area contributed by atoms with Crippen LogP contribution < -0.4 is 5.32 Å². The van der Waals surface area contributed by atoms with Gasteiger partial charge in [0.05, 0.1) is 11.8 Å². The number of halogens is 1. The molecule has 0 aromatic heterocycles. The van der Waals surface area contributed by atoms with E-state index in [0.29, 0.717) is 6.42 Å². The van der Waals surface area contributed by atoms with Crippen molar-refractivity contribution in [2.75, 3.05) is 11.9 Å². The van der Waals surface area contributed by atoms with Gasteiger partial charge in [0.1, 0.15) is 0 Å². The second-order valence-electron chi connectivity index (χ2n) is 4.20. The molecule has 3 nitrogen and oxygen atoms in total. The normalized spacial score (nSPS) is 19.2. The maximum Gasteiger partial charge on any atom is 0.224 e. The van der Waals surface area contributed by atoms with E-state index in [9.17, 15) is 4.79 Å². The van der Waals surface area contributed by atoms with Crippen molar-refractivity contribution in [2.45, 2.75) is 31.8 Å². The average Bonchev–Trinajstić information content (AvgIpc) is 2.82. The third-order valence-electron chi connectivity index (χ3n) is 2.87. The zero-order valence-electron chi connectivity index (χ0n) is 9.62. The topological polar surface area (TPSA) is 38.3 Å². The summed E-state index contributed by atoms with van der Waals surface area (Å²) < 4.78 is 6.40. The molecule has 1 saturated heterocycles. The molecule has 1 N–H and O–H groups in total. The number of carbonyl (C=O) groups excluding carboxylic acids is 1. The summed E-state index contributed by atoms with van der Waals surface area (Å²) in [5.74, 6) is 0.0485. The number of para-hydroxylation sites is 1. The highest BCUT2D eigenvalue weighted by Gasteiger charge is 2.16. The zero-order chi connectivity index (χ0) is 12.1. The minimum absolute atomic E-state index is 0.0485. The smallest absolute Gasteiger partial charge is 0.224 e. The highest BCUT2D eigenvalue weighted by molar-refractivity contribution is 9.10. The minimum atomic E-state index is 0.0485. The Morgan fingerprint density at radius 3 is 3.00 bits per heavy atom. The highest BCUT2D eigenvalue weighted by Crippen LogP contribution is 2.22. The van der Waals surface area contributed by atoms with Gasteiger partial charge in [0.25, 0.3) is 0 Å². The Balaban J connectivity index is 1.79. The molecule has 17 heavy (non-hydrogen) atoms. The summed E-state index contributed by atoms with van der Waals surface area (Å²) in [7, 11) is 0. The van der Waals surface area contributed by atoms with Gasteiger partial charge in [-0.25, -0.2) is 0 Å². The van der Waals surface area contributed by atoms with E-state index in [4.69, 9.17) is 4.74 Å². The monoisotopic (exact) mass is 297 g/mol. The van der Waals surface area contributed by atoms with Crippen molar-refractivity contribution in [3.8, 4) is 0 Å². The van der Waals surface area contributed by atoms with Gasteiger partial charge in [-0.3, -0.25) is 4.79 Å². The van der Waals surface area contributed by atoms with Crippen LogP contribution in [-0.4, -0.2) is 18.6 Å². The number of hydrogen-bond acceptors (Lipinski definition) is 2. The first-order chi connectivity index (χ1) is 8.25. The molecule has 1 atom stereocenters. The van der Waals surface area contributed by atoms with Crippen molar-refractivity contribution in [1.82, 2.24) is 0 Å². The quantitative estimate of drug-likeness (QED) is 0.925. The summed E-state index contributed by atoms with van der Waals surface area (Å²) >= 11 is 3.40. The summed E-state index contributed by atoms with van der Waals surface area (Å²) in [6, 6.07) is 7.62. The van der Waals surface area contributed by atoms with Crippen LogP contribution in [0.15, 0.2) is 28.7 Å². The fraction of sp³-hybridized carbons (Fsp3) is 0.462. The van der Waals surface area contributed by atoms with Gasteiger partial charge >= 0.3 is 0 Å². The molecule has 1 aromatic rings. The molecule has 0 bridgehead atoms. The zero-order valence-corrected chi connectivity index (χ0v) is 11.2.